The van der Waals surface area contributed by atoms with E-state index in [1.807, 2.05) is 0 Å². The lowest BCUT2D eigenvalue weighted by atomic mass is 9.93. The first-order valence-electron chi connectivity index (χ1n) is 10.8. The van der Waals surface area contributed by atoms with Gasteiger partial charge in [0.05, 0.1) is 38.0 Å². The van der Waals surface area contributed by atoms with Crippen LogP contribution in [-0.4, -0.2) is 49.1 Å². The predicted octanol–water partition coefficient (Wildman–Crippen LogP) is 4.73. The van der Waals surface area contributed by atoms with Gasteiger partial charge in [0.25, 0.3) is 11.7 Å². The Labute approximate surface area is 197 Å². The van der Waals surface area contributed by atoms with Gasteiger partial charge in [0.1, 0.15) is 11.5 Å². The summed E-state index contributed by atoms with van der Waals surface area (Å²) in [4.78, 5) is 28.2. The first-order valence-corrected chi connectivity index (χ1v) is 11.2. The van der Waals surface area contributed by atoms with Crippen molar-refractivity contribution >= 4 is 29.1 Å². The van der Waals surface area contributed by atoms with Crippen molar-refractivity contribution in [3.63, 3.8) is 0 Å². The molecule has 33 heavy (non-hydrogen) atoms. The van der Waals surface area contributed by atoms with E-state index in [9.17, 15) is 14.7 Å². The summed E-state index contributed by atoms with van der Waals surface area (Å²) in [6.07, 6.45) is 3.54. The Morgan fingerprint density at radius 1 is 1.00 bits per heavy atom. The number of carbonyl (C=O) groups excluding carboxylic acids is 2. The Morgan fingerprint density at radius 3 is 2.30 bits per heavy atom. The van der Waals surface area contributed by atoms with Gasteiger partial charge in [-0.05, 0) is 37.1 Å². The number of ketones is 1. The van der Waals surface area contributed by atoms with Gasteiger partial charge in [-0.25, -0.2) is 0 Å². The Kier molecular flexibility index (Phi) is 6.51. The third-order valence-corrected chi connectivity index (χ3v) is 6.65. The first-order chi connectivity index (χ1) is 15.9. The van der Waals surface area contributed by atoms with Crippen molar-refractivity contribution in [2.24, 2.45) is 0 Å². The molecule has 1 heterocycles. The molecule has 1 saturated carbocycles. The first kappa shape index (κ1) is 23.0. The second kappa shape index (κ2) is 9.35. The molecular weight excluding hydrogens is 446 g/mol. The van der Waals surface area contributed by atoms with Gasteiger partial charge >= 0.3 is 0 Å². The van der Waals surface area contributed by atoms with Crippen LogP contribution in [-0.2, 0) is 9.59 Å². The maximum absolute atomic E-state index is 13.3. The van der Waals surface area contributed by atoms with Crippen molar-refractivity contribution in [3.05, 3.63) is 58.1 Å². The van der Waals surface area contributed by atoms with Crippen LogP contribution in [0.3, 0.4) is 0 Å². The highest BCUT2D eigenvalue weighted by atomic mass is 35.5. The normalized spacial score (nSPS) is 20.4. The molecule has 1 unspecified atom stereocenters. The zero-order valence-corrected chi connectivity index (χ0v) is 19.5. The highest BCUT2D eigenvalue weighted by molar-refractivity contribution is 6.46. The average molecular weight is 472 g/mol. The summed E-state index contributed by atoms with van der Waals surface area (Å²) in [5.41, 5.74) is 0.890. The monoisotopic (exact) mass is 471 g/mol. The molecule has 4 rings (SSSR count). The van der Waals surface area contributed by atoms with Crippen LogP contribution in [0.2, 0.25) is 5.02 Å². The van der Waals surface area contributed by atoms with E-state index in [1.165, 1.54) is 27.4 Å². The SMILES string of the molecule is COc1ccc(/C(O)=C2/C(=O)C(=O)N(C3CCCC3)C2c2cccc(OC)c2OC)cc1Cl. The molecule has 174 valence electrons. The fourth-order valence-electron chi connectivity index (χ4n) is 4.81. The number of ether oxygens (including phenoxy) is 3. The van der Waals surface area contributed by atoms with Gasteiger partial charge < -0.3 is 24.2 Å². The van der Waals surface area contributed by atoms with Gasteiger partial charge in [0, 0.05) is 17.2 Å². The number of aliphatic hydroxyl groups excluding tert-OH is 1. The zero-order valence-electron chi connectivity index (χ0n) is 18.8. The molecule has 7 nitrogen and oxygen atoms in total. The van der Waals surface area contributed by atoms with Gasteiger partial charge in [-0.3, -0.25) is 9.59 Å². The van der Waals surface area contributed by atoms with E-state index in [-0.39, 0.29) is 22.4 Å². The number of hydrogen-bond donors (Lipinski definition) is 1. The number of para-hydroxylation sites is 1. The van der Waals surface area contributed by atoms with Crippen molar-refractivity contribution in [2.45, 2.75) is 37.8 Å². The van der Waals surface area contributed by atoms with Crippen LogP contribution in [0.25, 0.3) is 5.76 Å². The number of rotatable bonds is 6. The largest absolute Gasteiger partial charge is 0.507 e. The van der Waals surface area contributed by atoms with Crippen molar-refractivity contribution < 1.29 is 28.9 Å². The van der Waals surface area contributed by atoms with Gasteiger partial charge in [-0.2, -0.15) is 0 Å². The predicted molar refractivity (Wildman–Crippen MR) is 124 cm³/mol. The molecule has 0 aromatic heterocycles. The number of likely N-dealkylation sites (tertiary alicyclic amines) is 1. The molecular formula is C25H26ClNO6. The number of aliphatic hydroxyl groups is 1. The Hall–Kier alpha value is -3.19. The van der Waals surface area contributed by atoms with Gasteiger partial charge in [0.2, 0.25) is 0 Å². The highest BCUT2D eigenvalue weighted by Crippen LogP contribution is 2.48. The summed E-state index contributed by atoms with van der Waals surface area (Å²) in [7, 11) is 4.52. The summed E-state index contributed by atoms with van der Waals surface area (Å²) in [6.45, 7) is 0. The van der Waals surface area contributed by atoms with Gasteiger partial charge in [-0.1, -0.05) is 36.6 Å². The van der Waals surface area contributed by atoms with Crippen molar-refractivity contribution in [3.8, 4) is 17.2 Å². The van der Waals surface area contributed by atoms with E-state index < -0.39 is 17.7 Å². The molecule has 1 saturated heterocycles. The molecule has 2 aliphatic rings. The lowest BCUT2D eigenvalue weighted by molar-refractivity contribution is -0.141. The molecule has 0 spiro atoms. The second-order valence-electron chi connectivity index (χ2n) is 8.08. The molecule has 0 bridgehead atoms. The Morgan fingerprint density at radius 2 is 1.70 bits per heavy atom. The maximum Gasteiger partial charge on any atom is 0.295 e. The topological polar surface area (TPSA) is 85.3 Å². The molecule has 2 aromatic rings. The summed E-state index contributed by atoms with van der Waals surface area (Å²) in [5.74, 6) is -0.342. The summed E-state index contributed by atoms with van der Waals surface area (Å²) in [6, 6.07) is 9.09. The van der Waals surface area contributed by atoms with Gasteiger partial charge in [0.15, 0.2) is 11.5 Å². The quantitative estimate of drug-likeness (QED) is 0.372. The lowest BCUT2D eigenvalue weighted by Gasteiger charge is -2.31. The lowest BCUT2D eigenvalue weighted by Crippen LogP contribution is -2.37. The maximum atomic E-state index is 13.3. The summed E-state index contributed by atoms with van der Waals surface area (Å²) >= 11 is 6.26. The fourth-order valence-corrected chi connectivity index (χ4v) is 5.07. The molecule has 1 amide bonds. The number of amides is 1. The summed E-state index contributed by atoms with van der Waals surface area (Å²) < 4.78 is 16.3. The number of nitrogens with zero attached hydrogens (tertiary/aromatic N) is 1. The number of halogens is 1. The third kappa shape index (κ3) is 3.91. The van der Waals surface area contributed by atoms with E-state index in [1.54, 1.807) is 35.2 Å². The molecule has 1 aliphatic heterocycles. The van der Waals surface area contributed by atoms with Crippen LogP contribution in [0.5, 0.6) is 17.2 Å². The van der Waals surface area contributed by atoms with E-state index >= 15 is 0 Å². The molecule has 0 radical (unpaired) electrons. The van der Waals surface area contributed by atoms with Gasteiger partial charge in [-0.15, -0.1) is 0 Å². The Balaban J connectivity index is 1.95. The molecule has 2 aromatic carbocycles. The molecule has 1 atom stereocenters. The molecule has 1 aliphatic carbocycles. The second-order valence-corrected chi connectivity index (χ2v) is 8.48. The van der Waals surface area contributed by atoms with E-state index in [4.69, 9.17) is 25.8 Å². The van der Waals surface area contributed by atoms with Crippen molar-refractivity contribution in [2.75, 3.05) is 21.3 Å². The third-order valence-electron chi connectivity index (χ3n) is 6.35. The average Bonchev–Trinajstić information content (AvgIpc) is 3.44. The zero-order chi connectivity index (χ0) is 23.7. The standard InChI is InChI=1S/C25H26ClNO6/c1-31-18-12-11-14(13-17(18)26)22(28)20-21(16-9-6-10-19(32-2)24(16)33-3)27(25(30)23(20)29)15-7-4-5-8-15/h6,9-13,15,21,28H,4-5,7-8H2,1-3H3/b22-20-. The van der Waals surface area contributed by atoms with Crippen LogP contribution in [0.15, 0.2) is 42.0 Å². The number of methoxy groups -OCH3 is 3. The van der Waals surface area contributed by atoms with Crippen LogP contribution >= 0.6 is 11.6 Å². The fraction of sp³-hybridized carbons (Fsp3) is 0.360. The number of benzene rings is 2. The van der Waals surface area contributed by atoms with E-state index in [0.717, 1.165) is 25.7 Å². The van der Waals surface area contributed by atoms with Crippen LogP contribution < -0.4 is 14.2 Å². The smallest absolute Gasteiger partial charge is 0.295 e. The van der Waals surface area contributed by atoms with Crippen LogP contribution in [0.1, 0.15) is 42.9 Å². The summed E-state index contributed by atoms with van der Waals surface area (Å²) in [5, 5.41) is 11.6. The molecule has 1 N–H and O–H groups in total. The number of Topliss-reactive ketones (excluding diaryl/α,β-unsaturated/α-hetero) is 1. The minimum atomic E-state index is -0.820. The van der Waals surface area contributed by atoms with E-state index in [2.05, 4.69) is 0 Å². The number of carbonyl (C=O) groups is 2. The molecule has 2 fully saturated rings. The van der Waals surface area contributed by atoms with Crippen molar-refractivity contribution in [1.82, 2.24) is 4.90 Å². The highest BCUT2D eigenvalue weighted by Gasteiger charge is 2.50. The van der Waals surface area contributed by atoms with Crippen LogP contribution in [0, 0.1) is 0 Å². The van der Waals surface area contributed by atoms with Crippen LogP contribution in [0.4, 0.5) is 0 Å². The van der Waals surface area contributed by atoms with Crippen molar-refractivity contribution in [1.29, 1.82) is 0 Å². The minimum absolute atomic E-state index is 0.000290. The number of hydrogen-bond acceptors (Lipinski definition) is 6. The minimum Gasteiger partial charge on any atom is -0.507 e. The van der Waals surface area contributed by atoms with E-state index in [0.29, 0.717) is 28.4 Å². The molecule has 8 heteroatoms. The Bertz CT molecular complexity index is 1120.